The number of fused-ring (bicyclic) bond motifs is 1. The third-order valence-electron chi connectivity index (χ3n) is 3.82. The molecule has 106 valence electrons. The van der Waals surface area contributed by atoms with Gasteiger partial charge >= 0.3 is 0 Å². The summed E-state index contributed by atoms with van der Waals surface area (Å²) < 4.78 is 10.7. The van der Waals surface area contributed by atoms with Crippen molar-refractivity contribution in [2.75, 3.05) is 34.0 Å². The van der Waals surface area contributed by atoms with Gasteiger partial charge < -0.3 is 14.8 Å². The average Bonchev–Trinajstić information content (AvgIpc) is 2.83. The molecule has 1 N–H and O–H groups in total. The summed E-state index contributed by atoms with van der Waals surface area (Å²) in [6.07, 6.45) is 1.01. The van der Waals surface area contributed by atoms with Gasteiger partial charge in [0.1, 0.15) is 0 Å². The average molecular weight is 264 g/mol. The van der Waals surface area contributed by atoms with E-state index in [4.69, 9.17) is 9.47 Å². The predicted octanol–water partition coefficient (Wildman–Crippen LogP) is 1.89. The van der Waals surface area contributed by atoms with Crippen molar-refractivity contribution in [2.24, 2.45) is 0 Å². The van der Waals surface area contributed by atoms with Crippen LogP contribution in [0.3, 0.4) is 0 Å². The van der Waals surface area contributed by atoms with E-state index in [-0.39, 0.29) is 5.54 Å². The van der Waals surface area contributed by atoms with Crippen molar-refractivity contribution in [3.63, 3.8) is 0 Å². The molecule has 0 amide bonds. The van der Waals surface area contributed by atoms with Crippen LogP contribution >= 0.6 is 0 Å². The van der Waals surface area contributed by atoms with E-state index >= 15 is 0 Å². The molecule has 0 saturated heterocycles. The summed E-state index contributed by atoms with van der Waals surface area (Å²) in [6, 6.07) is 6.20. The van der Waals surface area contributed by atoms with Gasteiger partial charge in [-0.1, -0.05) is 6.07 Å². The van der Waals surface area contributed by atoms with E-state index in [1.54, 1.807) is 0 Å². The van der Waals surface area contributed by atoms with Crippen molar-refractivity contribution in [3.05, 3.63) is 23.8 Å². The number of benzene rings is 1. The molecule has 1 aromatic carbocycles. The normalized spacial score (nSPS) is 14.2. The van der Waals surface area contributed by atoms with Crippen LogP contribution in [0.1, 0.15) is 19.4 Å². The van der Waals surface area contributed by atoms with E-state index in [1.165, 1.54) is 5.56 Å². The molecular formula is C15H24N2O2. The van der Waals surface area contributed by atoms with Gasteiger partial charge in [0.05, 0.1) is 0 Å². The van der Waals surface area contributed by atoms with E-state index in [1.807, 2.05) is 13.1 Å². The van der Waals surface area contributed by atoms with E-state index in [9.17, 15) is 0 Å². The lowest BCUT2D eigenvalue weighted by Crippen LogP contribution is -2.48. The van der Waals surface area contributed by atoms with Crippen LogP contribution in [-0.2, 0) is 6.42 Å². The highest BCUT2D eigenvalue weighted by molar-refractivity contribution is 5.44. The van der Waals surface area contributed by atoms with Crippen molar-refractivity contribution in [2.45, 2.75) is 25.8 Å². The molecule has 0 saturated carbocycles. The van der Waals surface area contributed by atoms with Crippen LogP contribution < -0.4 is 14.8 Å². The zero-order valence-electron chi connectivity index (χ0n) is 12.3. The lowest BCUT2D eigenvalue weighted by atomic mass is 10.0. The fraction of sp³-hybridized carbons (Fsp3) is 0.600. The van der Waals surface area contributed by atoms with E-state index in [0.717, 1.165) is 31.0 Å². The minimum Gasteiger partial charge on any atom is -0.454 e. The molecule has 4 nitrogen and oxygen atoms in total. The first kappa shape index (κ1) is 14.2. The number of nitrogens with one attached hydrogen (secondary N) is 1. The molecule has 0 radical (unpaired) electrons. The third kappa shape index (κ3) is 3.39. The second-order valence-corrected chi connectivity index (χ2v) is 5.70. The third-order valence-corrected chi connectivity index (χ3v) is 3.82. The summed E-state index contributed by atoms with van der Waals surface area (Å²) in [5, 5.41) is 3.24. The fourth-order valence-electron chi connectivity index (χ4n) is 2.26. The Morgan fingerprint density at radius 2 is 2.00 bits per heavy atom. The lowest BCUT2D eigenvalue weighted by Gasteiger charge is -2.35. The van der Waals surface area contributed by atoms with Crippen LogP contribution in [0.25, 0.3) is 0 Å². The standard InChI is InChI=1S/C15H24N2O2/c1-15(2,10-16-3)17(4)8-7-12-5-6-13-14(9-12)19-11-18-13/h5-6,9,16H,7-8,10-11H2,1-4H3. The van der Waals surface area contributed by atoms with E-state index in [0.29, 0.717) is 6.79 Å². The summed E-state index contributed by atoms with van der Waals surface area (Å²) >= 11 is 0. The first-order valence-corrected chi connectivity index (χ1v) is 6.77. The Hall–Kier alpha value is -1.26. The number of likely N-dealkylation sites (N-methyl/N-ethyl adjacent to an activating group) is 2. The van der Waals surface area contributed by atoms with Gasteiger partial charge in [0.25, 0.3) is 0 Å². The van der Waals surface area contributed by atoms with Crippen LogP contribution in [0.2, 0.25) is 0 Å². The Kier molecular flexibility index (Phi) is 4.32. The van der Waals surface area contributed by atoms with Gasteiger partial charge in [-0.3, -0.25) is 4.90 Å². The topological polar surface area (TPSA) is 33.7 Å². The van der Waals surface area contributed by atoms with Gasteiger partial charge in [-0.25, -0.2) is 0 Å². The zero-order chi connectivity index (χ0) is 13.9. The number of hydrogen-bond donors (Lipinski definition) is 1. The Bertz CT molecular complexity index is 432. The van der Waals surface area contributed by atoms with Crippen LogP contribution in [0.4, 0.5) is 0 Å². The SMILES string of the molecule is CNCC(C)(C)N(C)CCc1ccc2c(c1)OCO2. The quantitative estimate of drug-likeness (QED) is 0.850. The first-order valence-electron chi connectivity index (χ1n) is 6.77. The predicted molar refractivity (Wildman–Crippen MR) is 76.9 cm³/mol. The van der Waals surface area contributed by atoms with Gasteiger partial charge in [0.15, 0.2) is 11.5 Å². The number of hydrogen-bond acceptors (Lipinski definition) is 4. The van der Waals surface area contributed by atoms with Crippen LogP contribution in [0, 0.1) is 0 Å². The van der Waals surface area contributed by atoms with Gasteiger partial charge in [0, 0.05) is 18.6 Å². The van der Waals surface area contributed by atoms with E-state index in [2.05, 4.69) is 43.2 Å². The second kappa shape index (κ2) is 5.80. The Morgan fingerprint density at radius 1 is 1.26 bits per heavy atom. The van der Waals surface area contributed by atoms with Crippen molar-refractivity contribution in [1.82, 2.24) is 10.2 Å². The number of ether oxygens (including phenoxy) is 2. The maximum Gasteiger partial charge on any atom is 0.231 e. The van der Waals surface area contributed by atoms with Crippen LogP contribution in [0.15, 0.2) is 18.2 Å². The molecule has 4 heteroatoms. The molecule has 19 heavy (non-hydrogen) atoms. The van der Waals surface area contributed by atoms with Gasteiger partial charge in [-0.2, -0.15) is 0 Å². The fourth-order valence-corrected chi connectivity index (χ4v) is 2.26. The molecule has 0 bridgehead atoms. The Balaban J connectivity index is 1.92. The molecular weight excluding hydrogens is 240 g/mol. The molecule has 0 spiro atoms. The largest absolute Gasteiger partial charge is 0.454 e. The molecule has 0 aromatic heterocycles. The molecule has 0 aliphatic carbocycles. The van der Waals surface area contributed by atoms with E-state index < -0.39 is 0 Å². The van der Waals surface area contributed by atoms with Gasteiger partial charge in [-0.05, 0) is 52.1 Å². The molecule has 0 atom stereocenters. The first-order chi connectivity index (χ1) is 9.03. The van der Waals surface area contributed by atoms with Crippen LogP contribution in [0.5, 0.6) is 11.5 Å². The number of rotatable bonds is 6. The number of nitrogens with zero attached hydrogens (tertiary/aromatic N) is 1. The molecule has 1 heterocycles. The molecule has 1 aliphatic heterocycles. The van der Waals surface area contributed by atoms with Gasteiger partial charge in [-0.15, -0.1) is 0 Å². The molecule has 1 aromatic rings. The Labute approximate surface area is 115 Å². The highest BCUT2D eigenvalue weighted by atomic mass is 16.7. The highest BCUT2D eigenvalue weighted by Gasteiger charge is 2.22. The monoisotopic (exact) mass is 264 g/mol. The van der Waals surface area contributed by atoms with Crippen molar-refractivity contribution in [1.29, 1.82) is 0 Å². The summed E-state index contributed by atoms with van der Waals surface area (Å²) in [4.78, 5) is 2.38. The second-order valence-electron chi connectivity index (χ2n) is 5.70. The zero-order valence-corrected chi connectivity index (χ0v) is 12.3. The summed E-state index contributed by atoms with van der Waals surface area (Å²) in [5.74, 6) is 1.72. The van der Waals surface area contributed by atoms with Crippen molar-refractivity contribution in [3.8, 4) is 11.5 Å². The summed E-state index contributed by atoms with van der Waals surface area (Å²) in [6.45, 7) is 6.85. The minimum atomic E-state index is 0.158. The van der Waals surface area contributed by atoms with Crippen molar-refractivity contribution < 1.29 is 9.47 Å². The smallest absolute Gasteiger partial charge is 0.231 e. The lowest BCUT2D eigenvalue weighted by molar-refractivity contribution is 0.157. The maximum absolute atomic E-state index is 5.41. The van der Waals surface area contributed by atoms with Crippen LogP contribution in [-0.4, -0.2) is 44.4 Å². The molecule has 0 unspecified atom stereocenters. The summed E-state index contributed by atoms with van der Waals surface area (Å²) in [7, 11) is 4.16. The summed E-state index contributed by atoms with van der Waals surface area (Å²) in [5.41, 5.74) is 1.45. The molecule has 1 aliphatic rings. The molecule has 2 rings (SSSR count). The van der Waals surface area contributed by atoms with Crippen molar-refractivity contribution >= 4 is 0 Å². The Morgan fingerprint density at radius 3 is 2.74 bits per heavy atom. The maximum atomic E-state index is 5.41. The molecule has 0 fully saturated rings. The highest BCUT2D eigenvalue weighted by Crippen LogP contribution is 2.32. The van der Waals surface area contributed by atoms with Gasteiger partial charge in [0.2, 0.25) is 6.79 Å². The minimum absolute atomic E-state index is 0.158.